The number of carbonyl (C=O) groups excluding carboxylic acids is 1. The average molecular weight is 453 g/mol. The summed E-state index contributed by atoms with van der Waals surface area (Å²) in [7, 11) is 0. The normalized spacial score (nSPS) is 19.3. The monoisotopic (exact) mass is 452 g/mol. The first-order valence-electron chi connectivity index (χ1n) is 11.1. The van der Waals surface area contributed by atoms with E-state index in [4.69, 9.17) is 4.74 Å². The number of hydrogen-bond donors (Lipinski definition) is 2. The van der Waals surface area contributed by atoms with Crippen molar-refractivity contribution < 1.29 is 19.0 Å². The molecule has 0 aliphatic carbocycles. The lowest BCUT2D eigenvalue weighted by Gasteiger charge is -2.39. The van der Waals surface area contributed by atoms with Gasteiger partial charge < -0.3 is 20.1 Å². The molecule has 1 aliphatic heterocycles. The van der Waals surface area contributed by atoms with E-state index in [1.807, 2.05) is 43.3 Å². The number of benzene rings is 2. The molecule has 2 atom stereocenters. The van der Waals surface area contributed by atoms with Crippen molar-refractivity contribution in [2.75, 3.05) is 19.6 Å². The van der Waals surface area contributed by atoms with Gasteiger partial charge >= 0.3 is 6.09 Å². The van der Waals surface area contributed by atoms with Gasteiger partial charge in [-0.15, -0.1) is 0 Å². The van der Waals surface area contributed by atoms with Gasteiger partial charge in [0.1, 0.15) is 18.1 Å². The number of nitrogens with zero attached hydrogens (tertiary/aromatic N) is 3. The minimum atomic E-state index is -1.08. The molecule has 2 heterocycles. The Balaban J connectivity index is 1.31. The highest BCUT2D eigenvalue weighted by atomic mass is 19.1. The maximum absolute atomic E-state index is 14.6. The Labute approximate surface area is 192 Å². The second-order valence-corrected chi connectivity index (χ2v) is 8.55. The maximum atomic E-state index is 14.6. The number of amides is 1. The van der Waals surface area contributed by atoms with Crippen LogP contribution in [0.5, 0.6) is 0 Å². The summed E-state index contributed by atoms with van der Waals surface area (Å²) < 4.78 is 21.5. The number of nitrogens with one attached hydrogen (secondary N) is 1. The first-order valence-corrected chi connectivity index (χ1v) is 11.1. The Hall–Kier alpha value is -3.23. The molecule has 0 spiro atoms. The molecule has 174 valence electrons. The zero-order chi connectivity index (χ0) is 23.3. The van der Waals surface area contributed by atoms with Gasteiger partial charge in [0, 0.05) is 31.5 Å². The summed E-state index contributed by atoms with van der Waals surface area (Å²) in [5.74, 6) is -0.367. The van der Waals surface area contributed by atoms with Crippen molar-refractivity contribution in [3.8, 4) is 5.69 Å². The molecule has 33 heavy (non-hydrogen) atoms. The predicted octanol–water partition coefficient (Wildman–Crippen LogP) is 3.83. The SMILES string of the molecule is C[C@@H](NCC1(O)CCCN(C(=O)OCc2ccccc2)C1)c1ccc(-n2cccn2)c(F)c1. The standard InChI is InChI=1S/C25H29FN4O3/c1-19(21-9-10-23(22(26)15-21)30-14-6-12-28-30)27-17-25(32)11-5-13-29(18-25)24(31)33-16-20-7-3-2-4-8-20/h2-4,6-10,12,14-15,19,27,32H,5,11,13,16-18H2,1H3/t19-,25?/m1/s1. The molecule has 2 N–H and O–H groups in total. The average Bonchev–Trinajstić information content (AvgIpc) is 3.36. The molecule has 0 radical (unpaired) electrons. The van der Waals surface area contributed by atoms with E-state index in [0.717, 1.165) is 11.1 Å². The summed E-state index contributed by atoms with van der Waals surface area (Å²) in [6.07, 6.45) is 4.11. The Bertz CT molecular complexity index is 1060. The summed E-state index contributed by atoms with van der Waals surface area (Å²) in [5, 5.41) is 18.5. The zero-order valence-corrected chi connectivity index (χ0v) is 18.7. The second-order valence-electron chi connectivity index (χ2n) is 8.55. The molecule has 1 amide bonds. The van der Waals surface area contributed by atoms with E-state index in [2.05, 4.69) is 10.4 Å². The molecule has 1 saturated heterocycles. The molecule has 8 heteroatoms. The lowest BCUT2D eigenvalue weighted by Crippen LogP contribution is -2.55. The van der Waals surface area contributed by atoms with Gasteiger partial charge in [0.2, 0.25) is 0 Å². The van der Waals surface area contributed by atoms with Crippen LogP contribution in [0.1, 0.15) is 36.9 Å². The predicted molar refractivity (Wildman–Crippen MR) is 122 cm³/mol. The lowest BCUT2D eigenvalue weighted by molar-refractivity contribution is -0.0305. The van der Waals surface area contributed by atoms with Gasteiger partial charge in [-0.3, -0.25) is 0 Å². The largest absolute Gasteiger partial charge is 0.445 e. The number of aromatic nitrogens is 2. The lowest BCUT2D eigenvalue weighted by atomic mass is 9.92. The Kier molecular flexibility index (Phi) is 7.05. The van der Waals surface area contributed by atoms with Crippen LogP contribution in [0, 0.1) is 5.82 Å². The Morgan fingerprint density at radius 2 is 2.09 bits per heavy atom. The van der Waals surface area contributed by atoms with Gasteiger partial charge in [0.05, 0.1) is 12.1 Å². The first-order chi connectivity index (χ1) is 15.9. The summed E-state index contributed by atoms with van der Waals surface area (Å²) in [6.45, 7) is 3.13. The number of ether oxygens (including phenoxy) is 1. The van der Waals surface area contributed by atoms with Gasteiger partial charge in [0.25, 0.3) is 0 Å². The zero-order valence-electron chi connectivity index (χ0n) is 18.7. The summed E-state index contributed by atoms with van der Waals surface area (Å²) in [5.41, 5.74) is 0.985. The van der Waals surface area contributed by atoms with E-state index < -0.39 is 11.7 Å². The van der Waals surface area contributed by atoms with Crippen molar-refractivity contribution in [1.82, 2.24) is 20.0 Å². The van der Waals surface area contributed by atoms with Crippen molar-refractivity contribution in [2.24, 2.45) is 0 Å². The summed E-state index contributed by atoms with van der Waals surface area (Å²) in [6, 6.07) is 16.1. The van der Waals surface area contributed by atoms with E-state index >= 15 is 0 Å². The summed E-state index contributed by atoms with van der Waals surface area (Å²) >= 11 is 0. The fourth-order valence-electron chi connectivity index (χ4n) is 4.07. The van der Waals surface area contributed by atoms with Crippen molar-refractivity contribution in [1.29, 1.82) is 0 Å². The molecule has 1 unspecified atom stereocenters. The molecular formula is C25H29FN4O3. The molecule has 1 fully saturated rings. The van der Waals surface area contributed by atoms with Gasteiger partial charge in [-0.05, 0) is 49.1 Å². The van der Waals surface area contributed by atoms with Crippen molar-refractivity contribution in [2.45, 2.75) is 38.0 Å². The third-order valence-corrected chi connectivity index (χ3v) is 5.98. The molecular weight excluding hydrogens is 423 g/mol. The van der Waals surface area contributed by atoms with Crippen molar-refractivity contribution >= 4 is 6.09 Å². The van der Waals surface area contributed by atoms with Gasteiger partial charge in [0.15, 0.2) is 0 Å². The Morgan fingerprint density at radius 3 is 2.82 bits per heavy atom. The summed E-state index contributed by atoms with van der Waals surface area (Å²) in [4.78, 5) is 14.1. The minimum Gasteiger partial charge on any atom is -0.445 e. The van der Waals surface area contributed by atoms with Crippen LogP contribution in [0.25, 0.3) is 5.69 Å². The van der Waals surface area contributed by atoms with Crippen molar-refractivity contribution in [3.63, 3.8) is 0 Å². The van der Waals surface area contributed by atoms with E-state index in [0.29, 0.717) is 25.1 Å². The van der Waals surface area contributed by atoms with E-state index in [1.165, 1.54) is 10.7 Å². The highest BCUT2D eigenvalue weighted by Crippen LogP contribution is 2.24. The quantitative estimate of drug-likeness (QED) is 0.570. The van der Waals surface area contributed by atoms with Crippen LogP contribution in [0.4, 0.5) is 9.18 Å². The van der Waals surface area contributed by atoms with Gasteiger partial charge in [-0.2, -0.15) is 5.10 Å². The highest BCUT2D eigenvalue weighted by Gasteiger charge is 2.36. The second kappa shape index (κ2) is 10.1. The van der Waals surface area contributed by atoms with Crippen LogP contribution in [-0.2, 0) is 11.3 Å². The van der Waals surface area contributed by atoms with E-state index in [-0.39, 0.29) is 31.6 Å². The molecule has 4 rings (SSSR count). The maximum Gasteiger partial charge on any atom is 0.410 e. The number of likely N-dealkylation sites (tertiary alicyclic amines) is 1. The van der Waals surface area contributed by atoms with Gasteiger partial charge in [-0.25, -0.2) is 13.9 Å². The van der Waals surface area contributed by atoms with Crippen LogP contribution < -0.4 is 5.32 Å². The van der Waals surface area contributed by atoms with Crippen LogP contribution >= 0.6 is 0 Å². The fraction of sp³-hybridized carbons (Fsp3) is 0.360. The number of halogens is 1. The smallest absolute Gasteiger partial charge is 0.410 e. The van der Waals surface area contributed by atoms with Gasteiger partial charge in [-0.1, -0.05) is 36.4 Å². The molecule has 1 aromatic heterocycles. The van der Waals surface area contributed by atoms with Crippen LogP contribution in [-0.4, -0.2) is 51.1 Å². The van der Waals surface area contributed by atoms with E-state index in [1.54, 1.807) is 29.4 Å². The molecule has 0 bridgehead atoms. The molecule has 0 saturated carbocycles. The number of carbonyl (C=O) groups is 1. The third kappa shape index (κ3) is 5.77. The molecule has 2 aromatic carbocycles. The number of rotatable bonds is 7. The number of hydrogen-bond acceptors (Lipinski definition) is 5. The van der Waals surface area contributed by atoms with E-state index in [9.17, 15) is 14.3 Å². The van der Waals surface area contributed by atoms with Crippen LogP contribution in [0.15, 0.2) is 67.0 Å². The number of β-amino-alcohol motifs (C(OH)–C–C–N with tert-alkyl or cyclic N) is 1. The first kappa shape index (κ1) is 22.9. The molecule has 7 nitrogen and oxygen atoms in total. The Morgan fingerprint density at radius 1 is 1.27 bits per heavy atom. The minimum absolute atomic E-state index is 0.185. The highest BCUT2D eigenvalue weighted by molar-refractivity contribution is 5.68. The fourth-order valence-corrected chi connectivity index (χ4v) is 4.07. The molecule has 3 aromatic rings. The topological polar surface area (TPSA) is 79.6 Å². The third-order valence-electron chi connectivity index (χ3n) is 5.98. The van der Waals surface area contributed by atoms with Crippen molar-refractivity contribution in [3.05, 3.63) is 83.9 Å². The van der Waals surface area contributed by atoms with Crippen LogP contribution in [0.3, 0.4) is 0 Å². The van der Waals surface area contributed by atoms with Crippen LogP contribution in [0.2, 0.25) is 0 Å². The molecule has 1 aliphatic rings. The number of aliphatic hydroxyl groups is 1. The number of piperidine rings is 1.